The third-order valence-electron chi connectivity index (χ3n) is 3.89. The molecule has 0 aliphatic carbocycles. The van der Waals surface area contributed by atoms with Crippen LogP contribution in [0, 0.1) is 6.92 Å². The highest BCUT2D eigenvalue weighted by molar-refractivity contribution is 9.09. The van der Waals surface area contributed by atoms with Crippen molar-refractivity contribution in [1.82, 2.24) is 0 Å². The Bertz CT molecular complexity index is 554. The minimum absolute atomic E-state index is 0.390. The number of alkyl halides is 1. The van der Waals surface area contributed by atoms with Crippen LogP contribution in [0.15, 0.2) is 42.5 Å². The number of hydrogen-bond acceptors (Lipinski definition) is 0. The van der Waals surface area contributed by atoms with Crippen molar-refractivity contribution in [2.24, 2.45) is 0 Å². The molecule has 0 aromatic heterocycles. The van der Waals surface area contributed by atoms with E-state index >= 15 is 0 Å². The molecule has 0 bridgehead atoms. The molecule has 0 amide bonds. The van der Waals surface area contributed by atoms with Gasteiger partial charge in [-0.2, -0.15) is 0 Å². The Morgan fingerprint density at radius 1 is 0.900 bits per heavy atom. The second-order valence-electron chi connectivity index (χ2n) is 5.39. The summed E-state index contributed by atoms with van der Waals surface area (Å²) >= 11 is 3.85. The zero-order chi connectivity index (χ0) is 14.5. The van der Waals surface area contributed by atoms with Gasteiger partial charge in [0.25, 0.3) is 0 Å². The largest absolute Gasteiger partial charge is 0.0835 e. The molecule has 1 atom stereocenters. The lowest BCUT2D eigenvalue weighted by Crippen LogP contribution is -1.99. The molecule has 106 valence electrons. The van der Waals surface area contributed by atoms with Crippen molar-refractivity contribution in [3.8, 4) is 0 Å². The predicted molar refractivity (Wildman–Crippen MR) is 91.7 cm³/mol. The number of hydrogen-bond donors (Lipinski definition) is 0. The molecule has 0 radical (unpaired) electrons. The molecule has 1 unspecified atom stereocenters. The highest BCUT2D eigenvalue weighted by Crippen LogP contribution is 2.29. The van der Waals surface area contributed by atoms with E-state index in [2.05, 4.69) is 79.2 Å². The first-order chi connectivity index (χ1) is 9.63. The van der Waals surface area contributed by atoms with E-state index in [-0.39, 0.29) is 0 Å². The SMILES string of the molecule is CCc1ccc(C(Br)Cc2ccc(C)cc2)cc1CC. The maximum absolute atomic E-state index is 3.85. The topological polar surface area (TPSA) is 0 Å². The van der Waals surface area contributed by atoms with Gasteiger partial charge in [0.15, 0.2) is 0 Å². The highest BCUT2D eigenvalue weighted by atomic mass is 79.9. The van der Waals surface area contributed by atoms with Crippen LogP contribution in [0.3, 0.4) is 0 Å². The van der Waals surface area contributed by atoms with Crippen LogP contribution in [0.5, 0.6) is 0 Å². The van der Waals surface area contributed by atoms with Crippen LogP contribution < -0.4 is 0 Å². The van der Waals surface area contributed by atoms with Gasteiger partial charge in [-0.15, -0.1) is 0 Å². The molecule has 0 saturated heterocycles. The fraction of sp³-hybridized carbons (Fsp3) is 0.368. The molecule has 2 aromatic rings. The summed E-state index contributed by atoms with van der Waals surface area (Å²) in [6.07, 6.45) is 3.27. The molecule has 0 nitrogen and oxygen atoms in total. The molecular weight excluding hydrogens is 308 g/mol. The summed E-state index contributed by atoms with van der Waals surface area (Å²) in [5.74, 6) is 0. The lowest BCUT2D eigenvalue weighted by molar-refractivity contribution is 0.933. The normalized spacial score (nSPS) is 12.4. The van der Waals surface area contributed by atoms with Gasteiger partial charge in [0.1, 0.15) is 0 Å². The second-order valence-corrected chi connectivity index (χ2v) is 6.50. The van der Waals surface area contributed by atoms with E-state index in [1.165, 1.54) is 27.8 Å². The number of benzene rings is 2. The van der Waals surface area contributed by atoms with Crippen LogP contribution in [0.4, 0.5) is 0 Å². The molecule has 2 aromatic carbocycles. The van der Waals surface area contributed by atoms with Crippen LogP contribution in [-0.4, -0.2) is 0 Å². The van der Waals surface area contributed by atoms with Crippen LogP contribution in [-0.2, 0) is 19.3 Å². The van der Waals surface area contributed by atoms with Crippen LogP contribution in [0.1, 0.15) is 46.5 Å². The molecule has 20 heavy (non-hydrogen) atoms. The fourth-order valence-corrected chi connectivity index (χ4v) is 3.22. The summed E-state index contributed by atoms with van der Waals surface area (Å²) in [5.41, 5.74) is 7.06. The Balaban J connectivity index is 2.16. The van der Waals surface area contributed by atoms with Crippen LogP contribution in [0.25, 0.3) is 0 Å². The summed E-state index contributed by atoms with van der Waals surface area (Å²) in [6.45, 7) is 6.60. The molecule has 0 spiro atoms. The van der Waals surface area contributed by atoms with Crippen molar-refractivity contribution in [3.05, 3.63) is 70.3 Å². The Kier molecular flexibility index (Phi) is 5.42. The van der Waals surface area contributed by atoms with Crippen molar-refractivity contribution in [2.45, 2.75) is 44.9 Å². The predicted octanol–water partition coefficient (Wildman–Crippen LogP) is 5.80. The number of aryl methyl sites for hydroxylation is 3. The van der Waals surface area contributed by atoms with Gasteiger partial charge < -0.3 is 0 Å². The highest BCUT2D eigenvalue weighted by Gasteiger charge is 2.10. The summed E-state index contributed by atoms with van der Waals surface area (Å²) in [6, 6.07) is 15.8. The van der Waals surface area contributed by atoms with E-state index in [0.29, 0.717) is 4.83 Å². The maximum atomic E-state index is 3.85. The van der Waals surface area contributed by atoms with Gasteiger partial charge in [0.05, 0.1) is 0 Å². The number of rotatable bonds is 5. The van der Waals surface area contributed by atoms with Gasteiger partial charge in [0, 0.05) is 4.83 Å². The summed E-state index contributed by atoms with van der Waals surface area (Å²) < 4.78 is 0. The molecular formula is C19H23Br. The second kappa shape index (κ2) is 7.08. The first-order valence-corrected chi connectivity index (χ1v) is 8.37. The van der Waals surface area contributed by atoms with E-state index < -0.39 is 0 Å². The van der Waals surface area contributed by atoms with E-state index in [1.54, 1.807) is 0 Å². The molecule has 0 fully saturated rings. The lowest BCUT2D eigenvalue weighted by Gasteiger charge is -2.14. The van der Waals surface area contributed by atoms with Crippen molar-refractivity contribution in [2.75, 3.05) is 0 Å². The van der Waals surface area contributed by atoms with Crippen molar-refractivity contribution < 1.29 is 0 Å². The average Bonchev–Trinajstić information content (AvgIpc) is 2.48. The zero-order valence-corrected chi connectivity index (χ0v) is 14.2. The van der Waals surface area contributed by atoms with Crippen molar-refractivity contribution >= 4 is 15.9 Å². The first kappa shape index (κ1) is 15.3. The summed E-state index contributed by atoms with van der Waals surface area (Å²) in [4.78, 5) is 0.390. The minimum atomic E-state index is 0.390. The van der Waals surface area contributed by atoms with E-state index in [0.717, 1.165) is 19.3 Å². The van der Waals surface area contributed by atoms with Gasteiger partial charge in [-0.1, -0.05) is 77.8 Å². The van der Waals surface area contributed by atoms with E-state index in [9.17, 15) is 0 Å². The third-order valence-corrected chi connectivity index (χ3v) is 4.74. The summed E-state index contributed by atoms with van der Waals surface area (Å²) in [7, 11) is 0. The lowest BCUT2D eigenvalue weighted by atomic mass is 9.96. The zero-order valence-electron chi connectivity index (χ0n) is 12.6. The maximum Gasteiger partial charge on any atom is 0.0435 e. The van der Waals surface area contributed by atoms with Crippen LogP contribution >= 0.6 is 15.9 Å². The quantitative estimate of drug-likeness (QED) is 0.608. The molecule has 1 heteroatoms. The Morgan fingerprint density at radius 2 is 1.55 bits per heavy atom. The van der Waals surface area contributed by atoms with Gasteiger partial charge in [0.2, 0.25) is 0 Å². The molecule has 2 rings (SSSR count). The van der Waals surface area contributed by atoms with Gasteiger partial charge in [-0.3, -0.25) is 0 Å². The smallest absolute Gasteiger partial charge is 0.0435 e. The van der Waals surface area contributed by atoms with Crippen molar-refractivity contribution in [1.29, 1.82) is 0 Å². The van der Waals surface area contributed by atoms with Crippen LogP contribution in [0.2, 0.25) is 0 Å². The number of halogens is 1. The van der Waals surface area contributed by atoms with Gasteiger partial charge in [-0.05, 0) is 48.4 Å². The van der Waals surface area contributed by atoms with Crippen molar-refractivity contribution in [3.63, 3.8) is 0 Å². The monoisotopic (exact) mass is 330 g/mol. The molecule has 0 aliphatic rings. The summed E-state index contributed by atoms with van der Waals surface area (Å²) in [5, 5.41) is 0. The molecule has 0 saturated carbocycles. The minimum Gasteiger partial charge on any atom is -0.0835 e. The third kappa shape index (κ3) is 3.73. The Hall–Kier alpha value is -1.08. The van der Waals surface area contributed by atoms with E-state index in [4.69, 9.17) is 0 Å². The fourth-order valence-electron chi connectivity index (χ4n) is 2.56. The average molecular weight is 331 g/mol. The van der Waals surface area contributed by atoms with Gasteiger partial charge >= 0.3 is 0 Å². The Morgan fingerprint density at radius 3 is 2.15 bits per heavy atom. The first-order valence-electron chi connectivity index (χ1n) is 7.45. The molecule has 0 aliphatic heterocycles. The molecule has 0 heterocycles. The standard InChI is InChI=1S/C19H23Br/c1-4-16-10-11-18(13-17(16)5-2)19(20)12-15-8-6-14(3)7-9-15/h6-11,13,19H,4-5,12H2,1-3H3. The van der Waals surface area contributed by atoms with Gasteiger partial charge in [-0.25, -0.2) is 0 Å². The Labute approximate surface area is 131 Å². The van der Waals surface area contributed by atoms with E-state index in [1.807, 2.05) is 0 Å². The molecule has 0 N–H and O–H groups in total.